The van der Waals surface area contributed by atoms with Gasteiger partial charge >= 0.3 is 6.18 Å². The molecule has 0 aliphatic carbocycles. The van der Waals surface area contributed by atoms with Gasteiger partial charge in [0.1, 0.15) is 5.82 Å². The van der Waals surface area contributed by atoms with Gasteiger partial charge in [-0.1, -0.05) is 18.2 Å². The van der Waals surface area contributed by atoms with Crippen LogP contribution < -0.4 is 4.72 Å². The molecule has 0 aromatic heterocycles. The molecule has 28 heavy (non-hydrogen) atoms. The van der Waals surface area contributed by atoms with E-state index in [9.17, 15) is 26.0 Å². The highest BCUT2D eigenvalue weighted by Crippen LogP contribution is 2.35. The lowest BCUT2D eigenvalue weighted by Gasteiger charge is -2.38. The SMILES string of the molecule is O=S(=O)(NCC1(c2ccc(F)cc2)CCOCC1)c1cccc(C(F)(F)F)c1. The zero-order valence-electron chi connectivity index (χ0n) is 14.8. The Morgan fingerprint density at radius 1 is 1.04 bits per heavy atom. The average molecular weight is 417 g/mol. The Bertz CT molecular complexity index is 921. The molecule has 4 nitrogen and oxygen atoms in total. The van der Waals surface area contributed by atoms with Crippen molar-refractivity contribution in [2.75, 3.05) is 19.8 Å². The Morgan fingerprint density at radius 2 is 1.68 bits per heavy atom. The van der Waals surface area contributed by atoms with E-state index in [1.807, 2.05) is 0 Å². The number of hydrogen-bond acceptors (Lipinski definition) is 3. The zero-order chi connectivity index (χ0) is 20.4. The lowest BCUT2D eigenvalue weighted by molar-refractivity contribution is -0.137. The van der Waals surface area contributed by atoms with Crippen LogP contribution in [0, 0.1) is 5.82 Å². The summed E-state index contributed by atoms with van der Waals surface area (Å²) in [4.78, 5) is -0.455. The smallest absolute Gasteiger partial charge is 0.381 e. The van der Waals surface area contributed by atoms with Crippen LogP contribution >= 0.6 is 0 Å². The van der Waals surface area contributed by atoms with Crippen LogP contribution in [0.15, 0.2) is 53.4 Å². The Hall–Kier alpha value is -1.97. The molecule has 0 atom stereocenters. The van der Waals surface area contributed by atoms with Gasteiger partial charge in [-0.05, 0) is 48.7 Å². The van der Waals surface area contributed by atoms with Crippen LogP contribution in [0.4, 0.5) is 17.6 Å². The number of rotatable bonds is 5. The lowest BCUT2D eigenvalue weighted by Crippen LogP contribution is -2.44. The number of hydrogen-bond donors (Lipinski definition) is 1. The molecule has 1 heterocycles. The minimum Gasteiger partial charge on any atom is -0.381 e. The summed E-state index contributed by atoms with van der Waals surface area (Å²) in [6, 6.07) is 9.39. The van der Waals surface area contributed by atoms with E-state index < -0.39 is 37.9 Å². The van der Waals surface area contributed by atoms with Crippen LogP contribution in [0.1, 0.15) is 24.0 Å². The topological polar surface area (TPSA) is 55.4 Å². The predicted octanol–water partition coefficient (Wildman–Crippen LogP) is 3.87. The molecule has 0 saturated carbocycles. The van der Waals surface area contributed by atoms with E-state index in [2.05, 4.69) is 4.72 Å². The molecule has 0 amide bonds. The van der Waals surface area contributed by atoms with E-state index in [1.54, 1.807) is 12.1 Å². The van der Waals surface area contributed by atoms with Gasteiger partial charge in [0.2, 0.25) is 10.0 Å². The first-order valence-corrected chi connectivity index (χ1v) is 10.1. The maximum Gasteiger partial charge on any atom is 0.416 e. The number of alkyl halides is 3. The van der Waals surface area contributed by atoms with Gasteiger partial charge in [0, 0.05) is 25.2 Å². The second-order valence-electron chi connectivity index (χ2n) is 6.75. The van der Waals surface area contributed by atoms with Crippen LogP contribution in [0.3, 0.4) is 0 Å². The molecule has 1 fully saturated rings. The first-order chi connectivity index (χ1) is 13.1. The highest BCUT2D eigenvalue weighted by molar-refractivity contribution is 7.89. The summed E-state index contributed by atoms with van der Waals surface area (Å²) < 4.78 is 85.0. The van der Waals surface area contributed by atoms with Crippen molar-refractivity contribution in [2.24, 2.45) is 0 Å². The Morgan fingerprint density at radius 3 is 2.29 bits per heavy atom. The highest BCUT2D eigenvalue weighted by atomic mass is 32.2. The first-order valence-electron chi connectivity index (χ1n) is 8.63. The summed E-state index contributed by atoms with van der Waals surface area (Å²) in [6.45, 7) is 0.784. The van der Waals surface area contributed by atoms with Crippen LogP contribution in [-0.4, -0.2) is 28.2 Å². The molecule has 0 unspecified atom stereocenters. The molecule has 2 aromatic carbocycles. The fourth-order valence-corrected chi connectivity index (χ4v) is 4.46. The molecule has 1 N–H and O–H groups in total. The maximum atomic E-state index is 13.3. The predicted molar refractivity (Wildman–Crippen MR) is 94.8 cm³/mol. The molecule has 0 spiro atoms. The average Bonchev–Trinajstić information content (AvgIpc) is 2.67. The standard InChI is InChI=1S/C19H19F4NO3S/c20-16-6-4-14(5-7-16)18(8-10-27-11-9-18)13-24-28(25,26)17-3-1-2-15(12-17)19(21,22)23/h1-7,12,24H,8-11,13H2. The maximum absolute atomic E-state index is 13.3. The van der Waals surface area contributed by atoms with Crippen molar-refractivity contribution in [3.63, 3.8) is 0 Å². The number of nitrogens with one attached hydrogen (secondary N) is 1. The van der Waals surface area contributed by atoms with E-state index in [0.29, 0.717) is 32.1 Å². The quantitative estimate of drug-likeness (QED) is 0.752. The van der Waals surface area contributed by atoms with Crippen LogP contribution in [0.5, 0.6) is 0 Å². The van der Waals surface area contributed by atoms with Crippen molar-refractivity contribution in [3.8, 4) is 0 Å². The fourth-order valence-electron chi connectivity index (χ4n) is 3.29. The first kappa shape index (κ1) is 20.8. The second-order valence-corrected chi connectivity index (χ2v) is 8.52. The molecule has 1 saturated heterocycles. The number of ether oxygens (including phenoxy) is 1. The fraction of sp³-hybridized carbons (Fsp3) is 0.368. The lowest BCUT2D eigenvalue weighted by atomic mass is 9.74. The molecular formula is C19H19F4NO3S. The summed E-state index contributed by atoms with van der Waals surface area (Å²) >= 11 is 0. The number of sulfonamides is 1. The van der Waals surface area contributed by atoms with E-state index >= 15 is 0 Å². The van der Waals surface area contributed by atoms with Crippen molar-refractivity contribution in [3.05, 3.63) is 65.5 Å². The Balaban J connectivity index is 1.86. The number of halogens is 4. The van der Waals surface area contributed by atoms with E-state index in [4.69, 9.17) is 4.74 Å². The van der Waals surface area contributed by atoms with Gasteiger partial charge in [0.15, 0.2) is 0 Å². The van der Waals surface area contributed by atoms with Gasteiger partial charge in [0.05, 0.1) is 10.5 Å². The number of benzene rings is 2. The molecule has 3 rings (SSSR count). The summed E-state index contributed by atoms with van der Waals surface area (Å²) in [7, 11) is -4.16. The third-order valence-corrected chi connectivity index (χ3v) is 6.38. The zero-order valence-corrected chi connectivity index (χ0v) is 15.6. The third-order valence-electron chi connectivity index (χ3n) is 4.98. The van der Waals surface area contributed by atoms with Gasteiger partial charge < -0.3 is 4.74 Å². The van der Waals surface area contributed by atoms with Gasteiger partial charge in [-0.3, -0.25) is 0 Å². The minimum atomic E-state index is -4.64. The molecule has 2 aromatic rings. The van der Waals surface area contributed by atoms with Crippen LogP contribution in [0.2, 0.25) is 0 Å². The van der Waals surface area contributed by atoms with Crippen molar-refractivity contribution in [1.29, 1.82) is 0 Å². The van der Waals surface area contributed by atoms with Crippen LogP contribution in [-0.2, 0) is 26.4 Å². The Labute approximate surface area is 160 Å². The van der Waals surface area contributed by atoms with Gasteiger partial charge in [-0.2, -0.15) is 13.2 Å². The Kier molecular flexibility index (Phi) is 5.79. The molecule has 1 aliphatic rings. The molecule has 152 valence electrons. The normalized spacial score (nSPS) is 17.4. The molecule has 9 heteroatoms. The van der Waals surface area contributed by atoms with Crippen molar-refractivity contribution in [1.82, 2.24) is 4.72 Å². The van der Waals surface area contributed by atoms with E-state index in [-0.39, 0.29) is 6.54 Å². The van der Waals surface area contributed by atoms with Gasteiger partial charge in [0.25, 0.3) is 0 Å². The molecule has 0 radical (unpaired) electrons. The van der Waals surface area contributed by atoms with Gasteiger partial charge in [-0.25, -0.2) is 17.5 Å². The molecule has 0 bridgehead atoms. The third kappa shape index (κ3) is 4.53. The van der Waals surface area contributed by atoms with E-state index in [0.717, 1.165) is 23.8 Å². The molecular weight excluding hydrogens is 398 g/mol. The monoisotopic (exact) mass is 417 g/mol. The summed E-state index contributed by atoms with van der Waals surface area (Å²) in [6.07, 6.45) is -3.63. The largest absolute Gasteiger partial charge is 0.416 e. The second kappa shape index (κ2) is 7.81. The van der Waals surface area contributed by atoms with Gasteiger partial charge in [-0.15, -0.1) is 0 Å². The van der Waals surface area contributed by atoms with Crippen molar-refractivity contribution < 1.29 is 30.7 Å². The summed E-state index contributed by atoms with van der Waals surface area (Å²) in [5, 5.41) is 0. The minimum absolute atomic E-state index is 0.0272. The molecule has 1 aliphatic heterocycles. The van der Waals surface area contributed by atoms with Crippen molar-refractivity contribution >= 4 is 10.0 Å². The summed E-state index contributed by atoms with van der Waals surface area (Å²) in [5.74, 6) is -0.407. The van der Waals surface area contributed by atoms with Crippen molar-refractivity contribution in [2.45, 2.75) is 29.3 Å². The summed E-state index contributed by atoms with van der Waals surface area (Å²) in [5.41, 5.74) is -0.903. The highest BCUT2D eigenvalue weighted by Gasteiger charge is 2.36. The van der Waals surface area contributed by atoms with E-state index in [1.165, 1.54) is 12.1 Å². The van der Waals surface area contributed by atoms with Crippen LogP contribution in [0.25, 0.3) is 0 Å².